The second-order valence-electron chi connectivity index (χ2n) is 2.52. The molecular weight excluding hydrogens is 316 g/mol. The first-order valence-electron chi connectivity index (χ1n) is 3.62. The van der Waals surface area contributed by atoms with Crippen molar-refractivity contribution in [3.63, 3.8) is 0 Å². The number of carbonyl (C=O) groups excluding carboxylic acids is 1. The van der Waals surface area contributed by atoms with Crippen LogP contribution in [0.2, 0.25) is 0 Å². The SMILES string of the molecule is N#Cc1cc(I)cc(O)c1C(=O)CCl. The van der Waals surface area contributed by atoms with Gasteiger partial charge in [0.05, 0.1) is 17.0 Å². The number of nitriles is 1. The molecule has 0 bridgehead atoms. The van der Waals surface area contributed by atoms with Gasteiger partial charge in [-0.25, -0.2) is 0 Å². The highest BCUT2D eigenvalue weighted by Crippen LogP contribution is 2.25. The molecule has 72 valence electrons. The second-order valence-corrected chi connectivity index (χ2v) is 4.03. The molecule has 0 aliphatic heterocycles. The van der Waals surface area contributed by atoms with Crippen LogP contribution in [0.1, 0.15) is 15.9 Å². The number of alkyl halides is 1. The van der Waals surface area contributed by atoms with Crippen LogP contribution in [0.4, 0.5) is 0 Å². The molecule has 0 radical (unpaired) electrons. The van der Waals surface area contributed by atoms with Crippen molar-refractivity contribution in [3.8, 4) is 11.8 Å². The highest BCUT2D eigenvalue weighted by molar-refractivity contribution is 14.1. The molecular formula is C9H5ClINO2. The van der Waals surface area contributed by atoms with Crippen LogP contribution in [-0.2, 0) is 0 Å². The number of carbonyl (C=O) groups is 1. The lowest BCUT2D eigenvalue weighted by atomic mass is 10.0. The largest absolute Gasteiger partial charge is 0.507 e. The Kier molecular flexibility index (Phi) is 3.72. The third-order valence-corrected chi connectivity index (χ3v) is 2.47. The number of phenolic OH excluding ortho intramolecular Hbond substituents is 1. The fraction of sp³-hybridized carbons (Fsp3) is 0.111. The average Bonchev–Trinajstić information content (AvgIpc) is 2.15. The van der Waals surface area contributed by atoms with Crippen molar-refractivity contribution in [3.05, 3.63) is 26.8 Å². The van der Waals surface area contributed by atoms with E-state index < -0.39 is 5.78 Å². The predicted molar refractivity (Wildman–Crippen MR) is 60.6 cm³/mol. The summed E-state index contributed by atoms with van der Waals surface area (Å²) in [6.45, 7) is 0. The molecule has 0 heterocycles. The Hall–Kier alpha value is -0.800. The molecule has 0 aromatic heterocycles. The van der Waals surface area contributed by atoms with E-state index in [0.29, 0.717) is 3.57 Å². The number of aromatic hydroxyl groups is 1. The van der Waals surface area contributed by atoms with Gasteiger partial charge in [-0.05, 0) is 34.7 Å². The van der Waals surface area contributed by atoms with Crippen LogP contribution in [0.15, 0.2) is 12.1 Å². The van der Waals surface area contributed by atoms with Gasteiger partial charge >= 0.3 is 0 Å². The van der Waals surface area contributed by atoms with Crippen molar-refractivity contribution < 1.29 is 9.90 Å². The minimum absolute atomic E-state index is 0.00270. The number of benzene rings is 1. The number of nitrogens with zero attached hydrogens (tertiary/aromatic N) is 1. The number of rotatable bonds is 2. The zero-order valence-electron chi connectivity index (χ0n) is 6.92. The molecule has 1 aromatic carbocycles. The fourth-order valence-electron chi connectivity index (χ4n) is 1.04. The van der Waals surface area contributed by atoms with Crippen LogP contribution in [0.25, 0.3) is 0 Å². The highest BCUT2D eigenvalue weighted by Gasteiger charge is 2.16. The van der Waals surface area contributed by atoms with Crippen molar-refractivity contribution >= 4 is 40.0 Å². The lowest BCUT2D eigenvalue weighted by Gasteiger charge is -2.04. The first-order chi connectivity index (χ1) is 6.60. The molecule has 1 aromatic rings. The summed E-state index contributed by atoms with van der Waals surface area (Å²) in [5, 5.41) is 18.2. The van der Waals surface area contributed by atoms with Crippen molar-refractivity contribution in [2.75, 3.05) is 5.88 Å². The lowest BCUT2D eigenvalue weighted by Crippen LogP contribution is -2.04. The topological polar surface area (TPSA) is 61.1 Å². The molecule has 14 heavy (non-hydrogen) atoms. The van der Waals surface area contributed by atoms with Crippen molar-refractivity contribution in [1.82, 2.24) is 0 Å². The van der Waals surface area contributed by atoms with E-state index in [1.165, 1.54) is 12.1 Å². The summed E-state index contributed by atoms with van der Waals surface area (Å²) in [6.07, 6.45) is 0. The summed E-state index contributed by atoms with van der Waals surface area (Å²) < 4.78 is 0.697. The average molecular weight is 322 g/mol. The van der Waals surface area contributed by atoms with Gasteiger partial charge in [-0.3, -0.25) is 4.79 Å². The molecule has 0 atom stereocenters. The molecule has 0 fully saturated rings. The molecule has 0 saturated carbocycles. The van der Waals surface area contributed by atoms with Crippen molar-refractivity contribution in [1.29, 1.82) is 5.26 Å². The smallest absolute Gasteiger partial charge is 0.182 e. The number of phenols is 1. The van der Waals surface area contributed by atoms with Gasteiger partial charge in [-0.15, -0.1) is 11.6 Å². The molecule has 0 aliphatic rings. The van der Waals surface area contributed by atoms with Gasteiger partial charge in [0.15, 0.2) is 5.78 Å². The second kappa shape index (κ2) is 4.62. The van der Waals surface area contributed by atoms with Crippen LogP contribution in [0.5, 0.6) is 5.75 Å². The number of hydrogen-bond donors (Lipinski definition) is 1. The van der Waals surface area contributed by atoms with Crippen LogP contribution in [-0.4, -0.2) is 16.8 Å². The summed E-state index contributed by atoms with van der Waals surface area (Å²) in [5.41, 5.74) is 0.156. The van der Waals surface area contributed by atoms with E-state index in [4.69, 9.17) is 16.9 Å². The third kappa shape index (κ3) is 2.16. The molecule has 3 nitrogen and oxygen atoms in total. The van der Waals surface area contributed by atoms with Gasteiger partial charge in [0.2, 0.25) is 0 Å². The molecule has 1 N–H and O–H groups in total. The first-order valence-corrected chi connectivity index (χ1v) is 5.23. The summed E-state index contributed by atoms with van der Waals surface area (Å²) in [5.74, 6) is -0.890. The van der Waals surface area contributed by atoms with E-state index in [-0.39, 0.29) is 22.8 Å². The van der Waals surface area contributed by atoms with E-state index in [1.54, 1.807) is 0 Å². The van der Waals surface area contributed by atoms with Gasteiger partial charge in [0, 0.05) is 3.57 Å². The molecule has 0 saturated heterocycles. The maximum absolute atomic E-state index is 11.3. The zero-order valence-corrected chi connectivity index (χ0v) is 9.83. The van der Waals surface area contributed by atoms with Crippen LogP contribution >= 0.6 is 34.2 Å². The number of halogens is 2. The molecule has 5 heteroatoms. The quantitative estimate of drug-likeness (QED) is 0.516. The summed E-state index contributed by atoms with van der Waals surface area (Å²) in [6, 6.07) is 4.79. The minimum Gasteiger partial charge on any atom is -0.507 e. The Morgan fingerprint density at radius 1 is 1.64 bits per heavy atom. The minimum atomic E-state index is -0.447. The molecule has 0 aliphatic carbocycles. The monoisotopic (exact) mass is 321 g/mol. The first kappa shape index (κ1) is 11.3. The van der Waals surface area contributed by atoms with Gasteiger partial charge in [-0.1, -0.05) is 0 Å². The molecule has 0 unspecified atom stereocenters. The maximum atomic E-state index is 11.3. The van der Waals surface area contributed by atoms with Crippen LogP contribution < -0.4 is 0 Å². The summed E-state index contributed by atoms with van der Waals surface area (Å²) >= 11 is 7.31. The van der Waals surface area contributed by atoms with E-state index in [2.05, 4.69) is 0 Å². The number of ketones is 1. The lowest BCUT2D eigenvalue weighted by molar-refractivity contribution is 0.101. The Bertz CT molecular complexity index is 426. The normalized spacial score (nSPS) is 9.50. The van der Waals surface area contributed by atoms with Crippen LogP contribution in [0.3, 0.4) is 0 Å². The van der Waals surface area contributed by atoms with Gasteiger partial charge in [-0.2, -0.15) is 5.26 Å². The summed E-state index contributed by atoms with van der Waals surface area (Å²) in [4.78, 5) is 11.3. The van der Waals surface area contributed by atoms with Crippen molar-refractivity contribution in [2.45, 2.75) is 0 Å². The highest BCUT2D eigenvalue weighted by atomic mass is 127. The standard InChI is InChI=1S/C9H5ClINO2/c10-3-8(14)9-5(4-12)1-6(11)2-7(9)13/h1-2,13H,3H2. The van der Waals surface area contributed by atoms with Gasteiger partial charge in [0.25, 0.3) is 0 Å². The number of Topliss-reactive ketones (excluding diaryl/α,β-unsaturated/α-hetero) is 1. The number of hydrogen-bond acceptors (Lipinski definition) is 3. The van der Waals surface area contributed by atoms with Crippen molar-refractivity contribution in [2.24, 2.45) is 0 Å². The Morgan fingerprint density at radius 3 is 2.79 bits per heavy atom. The van der Waals surface area contributed by atoms with E-state index in [9.17, 15) is 9.90 Å². The fourth-order valence-corrected chi connectivity index (χ4v) is 1.78. The van der Waals surface area contributed by atoms with Gasteiger partial charge < -0.3 is 5.11 Å². The van der Waals surface area contributed by atoms with Crippen LogP contribution in [0, 0.1) is 14.9 Å². The predicted octanol–water partition coefficient (Wildman–Crippen LogP) is 2.29. The Balaban J connectivity index is 3.42. The zero-order chi connectivity index (χ0) is 10.7. The van der Waals surface area contributed by atoms with Gasteiger partial charge in [0.1, 0.15) is 11.8 Å². The molecule has 0 amide bonds. The molecule has 1 rings (SSSR count). The maximum Gasteiger partial charge on any atom is 0.182 e. The Morgan fingerprint density at radius 2 is 2.29 bits per heavy atom. The van der Waals surface area contributed by atoms with E-state index in [0.717, 1.165) is 0 Å². The van der Waals surface area contributed by atoms with E-state index >= 15 is 0 Å². The Labute approximate surface area is 99.4 Å². The molecule has 0 spiro atoms. The van der Waals surface area contributed by atoms with E-state index in [1.807, 2.05) is 28.7 Å². The third-order valence-electron chi connectivity index (χ3n) is 1.60. The summed E-state index contributed by atoms with van der Waals surface area (Å²) in [7, 11) is 0.